The van der Waals surface area contributed by atoms with Crippen molar-refractivity contribution in [1.29, 1.82) is 0 Å². The van der Waals surface area contributed by atoms with Crippen LogP contribution in [0.15, 0.2) is 24.3 Å². The van der Waals surface area contributed by atoms with Gasteiger partial charge in [-0.25, -0.2) is 4.39 Å². The van der Waals surface area contributed by atoms with Crippen LogP contribution < -0.4 is 10.2 Å². The van der Waals surface area contributed by atoms with Gasteiger partial charge in [-0.05, 0) is 38.5 Å². The predicted molar refractivity (Wildman–Crippen MR) is 65.3 cm³/mol. The first-order valence-electron chi connectivity index (χ1n) is 5.92. The smallest absolute Gasteiger partial charge is 0.125 e. The minimum Gasteiger partial charge on any atom is -0.367 e. The third-order valence-corrected chi connectivity index (χ3v) is 3.24. The molecule has 1 aromatic carbocycles. The highest BCUT2D eigenvalue weighted by molar-refractivity contribution is 5.47. The maximum absolute atomic E-state index is 13.2. The Bertz CT molecular complexity index is 354. The van der Waals surface area contributed by atoms with E-state index in [0.29, 0.717) is 12.1 Å². The summed E-state index contributed by atoms with van der Waals surface area (Å²) in [5.74, 6) is -0.157. The fourth-order valence-corrected chi connectivity index (χ4v) is 2.18. The van der Waals surface area contributed by atoms with Gasteiger partial charge in [0.2, 0.25) is 0 Å². The maximum Gasteiger partial charge on any atom is 0.125 e. The lowest BCUT2D eigenvalue weighted by Gasteiger charge is -2.29. The van der Waals surface area contributed by atoms with E-state index < -0.39 is 0 Å². The Balaban J connectivity index is 2.18. The zero-order valence-corrected chi connectivity index (χ0v) is 9.91. The van der Waals surface area contributed by atoms with Crippen molar-refractivity contribution >= 4 is 5.69 Å². The highest BCUT2D eigenvalue weighted by atomic mass is 19.1. The first-order chi connectivity index (χ1) is 7.66. The van der Waals surface area contributed by atoms with E-state index in [9.17, 15) is 4.39 Å². The molecule has 16 heavy (non-hydrogen) atoms. The van der Waals surface area contributed by atoms with Gasteiger partial charge < -0.3 is 10.2 Å². The maximum atomic E-state index is 13.2. The molecule has 0 bridgehead atoms. The Morgan fingerprint density at radius 1 is 1.38 bits per heavy atom. The van der Waals surface area contributed by atoms with Gasteiger partial charge in [0.1, 0.15) is 5.82 Å². The van der Waals surface area contributed by atoms with Crippen LogP contribution in [-0.4, -0.2) is 25.2 Å². The summed E-state index contributed by atoms with van der Waals surface area (Å²) in [4.78, 5) is 2.28. The average molecular weight is 222 g/mol. The van der Waals surface area contributed by atoms with E-state index in [0.717, 1.165) is 25.2 Å². The number of hydrogen-bond acceptors (Lipinski definition) is 2. The lowest BCUT2D eigenvalue weighted by molar-refractivity contribution is 0.548. The fourth-order valence-electron chi connectivity index (χ4n) is 2.18. The van der Waals surface area contributed by atoms with Crippen molar-refractivity contribution in [2.24, 2.45) is 0 Å². The number of hydrogen-bond donors (Lipinski definition) is 1. The lowest BCUT2D eigenvalue weighted by atomic mass is 10.2. The molecule has 1 aliphatic heterocycles. The van der Waals surface area contributed by atoms with Crippen LogP contribution in [0.25, 0.3) is 0 Å². The van der Waals surface area contributed by atoms with E-state index in [1.165, 1.54) is 6.07 Å². The average Bonchev–Trinajstić information content (AvgIpc) is 2.42. The molecule has 1 heterocycles. The molecule has 0 saturated carbocycles. The van der Waals surface area contributed by atoms with Crippen LogP contribution >= 0.6 is 0 Å². The van der Waals surface area contributed by atoms with E-state index >= 15 is 0 Å². The second kappa shape index (κ2) is 4.83. The summed E-state index contributed by atoms with van der Waals surface area (Å²) in [6, 6.07) is 7.82. The highest BCUT2D eigenvalue weighted by Crippen LogP contribution is 2.20. The predicted octanol–water partition coefficient (Wildman–Crippen LogP) is 2.40. The number of rotatable bonds is 1. The molecule has 2 rings (SSSR count). The van der Waals surface area contributed by atoms with E-state index in [1.807, 2.05) is 6.07 Å². The van der Waals surface area contributed by atoms with Crippen molar-refractivity contribution in [3.8, 4) is 0 Å². The van der Waals surface area contributed by atoms with Crippen LogP contribution in [0.4, 0.5) is 10.1 Å². The van der Waals surface area contributed by atoms with Crippen molar-refractivity contribution < 1.29 is 4.39 Å². The van der Waals surface area contributed by atoms with Crippen LogP contribution in [0.5, 0.6) is 0 Å². The molecule has 0 aromatic heterocycles. The number of nitrogens with one attached hydrogen (secondary N) is 1. The van der Waals surface area contributed by atoms with Crippen molar-refractivity contribution in [2.45, 2.75) is 32.4 Å². The van der Waals surface area contributed by atoms with E-state index in [4.69, 9.17) is 0 Å². The second-order valence-corrected chi connectivity index (χ2v) is 4.62. The number of benzene rings is 1. The van der Waals surface area contributed by atoms with Gasteiger partial charge in [0.05, 0.1) is 0 Å². The topological polar surface area (TPSA) is 15.3 Å². The molecule has 1 N–H and O–H groups in total. The van der Waals surface area contributed by atoms with E-state index in [1.54, 1.807) is 12.1 Å². The summed E-state index contributed by atoms with van der Waals surface area (Å²) in [6.07, 6.45) is 1.10. The van der Waals surface area contributed by atoms with Gasteiger partial charge in [0, 0.05) is 30.9 Å². The number of anilines is 1. The summed E-state index contributed by atoms with van der Waals surface area (Å²) in [7, 11) is 0. The molecule has 1 aliphatic rings. The molecule has 2 atom stereocenters. The Kier molecular flexibility index (Phi) is 3.44. The van der Waals surface area contributed by atoms with Crippen LogP contribution in [0.2, 0.25) is 0 Å². The third-order valence-electron chi connectivity index (χ3n) is 3.24. The number of halogens is 1. The van der Waals surface area contributed by atoms with Gasteiger partial charge in [-0.2, -0.15) is 0 Å². The van der Waals surface area contributed by atoms with Crippen molar-refractivity contribution in [2.75, 3.05) is 18.0 Å². The SMILES string of the molecule is CC1CCN(c2cccc(F)c2)C(C)CN1. The van der Waals surface area contributed by atoms with Crippen molar-refractivity contribution in [3.05, 3.63) is 30.1 Å². The molecule has 0 amide bonds. The van der Waals surface area contributed by atoms with Gasteiger partial charge in [0.25, 0.3) is 0 Å². The molecule has 1 saturated heterocycles. The van der Waals surface area contributed by atoms with Gasteiger partial charge >= 0.3 is 0 Å². The van der Waals surface area contributed by atoms with Crippen LogP contribution in [0.1, 0.15) is 20.3 Å². The molecular formula is C13H19FN2. The first kappa shape index (κ1) is 11.4. The van der Waals surface area contributed by atoms with Crippen LogP contribution in [0, 0.1) is 5.82 Å². The monoisotopic (exact) mass is 222 g/mol. The minimum atomic E-state index is -0.157. The fraction of sp³-hybridized carbons (Fsp3) is 0.538. The molecule has 2 unspecified atom stereocenters. The minimum absolute atomic E-state index is 0.157. The van der Waals surface area contributed by atoms with Crippen molar-refractivity contribution in [3.63, 3.8) is 0 Å². The lowest BCUT2D eigenvalue weighted by Crippen LogP contribution is -2.38. The van der Waals surface area contributed by atoms with Gasteiger partial charge in [-0.1, -0.05) is 6.07 Å². The molecular weight excluding hydrogens is 203 g/mol. The quantitative estimate of drug-likeness (QED) is 0.785. The van der Waals surface area contributed by atoms with Gasteiger partial charge in [0.15, 0.2) is 0 Å². The summed E-state index contributed by atoms with van der Waals surface area (Å²) in [5.41, 5.74) is 0.989. The summed E-state index contributed by atoms with van der Waals surface area (Å²) in [6.45, 7) is 6.31. The zero-order chi connectivity index (χ0) is 11.5. The Hall–Kier alpha value is -1.09. The molecule has 3 heteroatoms. The van der Waals surface area contributed by atoms with E-state index in [-0.39, 0.29) is 5.82 Å². The molecule has 0 radical (unpaired) electrons. The molecule has 88 valence electrons. The van der Waals surface area contributed by atoms with Gasteiger partial charge in [-0.15, -0.1) is 0 Å². The van der Waals surface area contributed by atoms with Crippen molar-refractivity contribution in [1.82, 2.24) is 5.32 Å². The molecule has 1 aromatic rings. The Morgan fingerprint density at radius 2 is 2.19 bits per heavy atom. The Morgan fingerprint density at radius 3 is 2.94 bits per heavy atom. The van der Waals surface area contributed by atoms with Crippen LogP contribution in [-0.2, 0) is 0 Å². The molecule has 0 spiro atoms. The van der Waals surface area contributed by atoms with Gasteiger partial charge in [-0.3, -0.25) is 0 Å². The zero-order valence-electron chi connectivity index (χ0n) is 9.91. The third kappa shape index (κ3) is 2.53. The van der Waals surface area contributed by atoms with E-state index in [2.05, 4.69) is 24.1 Å². The highest BCUT2D eigenvalue weighted by Gasteiger charge is 2.19. The summed E-state index contributed by atoms with van der Waals surface area (Å²) >= 11 is 0. The second-order valence-electron chi connectivity index (χ2n) is 4.62. The van der Waals surface area contributed by atoms with Crippen LogP contribution in [0.3, 0.4) is 0 Å². The standard InChI is InChI=1S/C13H19FN2/c1-10-6-7-16(11(2)9-15-10)13-5-3-4-12(14)8-13/h3-5,8,10-11,15H,6-7,9H2,1-2H3. The molecule has 1 fully saturated rings. The number of nitrogens with zero attached hydrogens (tertiary/aromatic N) is 1. The first-order valence-corrected chi connectivity index (χ1v) is 5.92. The summed E-state index contributed by atoms with van der Waals surface area (Å²) < 4.78 is 13.2. The largest absolute Gasteiger partial charge is 0.367 e. The summed E-state index contributed by atoms with van der Waals surface area (Å²) in [5, 5.41) is 3.47. The molecule has 0 aliphatic carbocycles. The normalized spacial score (nSPS) is 26.6. The molecule has 2 nitrogen and oxygen atoms in total. The Labute approximate surface area is 96.5 Å².